The molecule has 0 amide bonds. The zero-order valence-electron chi connectivity index (χ0n) is 5.40. The van der Waals surface area contributed by atoms with Gasteiger partial charge in [-0.05, 0) is 19.8 Å². The van der Waals surface area contributed by atoms with Gasteiger partial charge in [0.1, 0.15) is 0 Å². The molecule has 2 heteroatoms. The largest absolute Gasteiger partial charge is 0.0873 e. The zero-order valence-corrected chi connectivity index (χ0v) is 8.57. The summed E-state index contributed by atoms with van der Waals surface area (Å²) in [5.41, 5.74) is 0. The summed E-state index contributed by atoms with van der Waals surface area (Å²) in [6.07, 6.45) is 6.72. The lowest BCUT2D eigenvalue weighted by molar-refractivity contribution is 0.616. The second kappa shape index (κ2) is 2.75. The van der Waals surface area contributed by atoms with E-state index in [2.05, 4.69) is 50.9 Å². The maximum Gasteiger partial charge on any atom is 0.0391 e. The van der Waals surface area contributed by atoms with Gasteiger partial charge < -0.3 is 0 Å². The summed E-state index contributed by atoms with van der Waals surface area (Å²) in [6.45, 7) is 2.22. The molecule has 52 valence electrons. The number of hydrogen-bond acceptors (Lipinski definition) is 0. The van der Waals surface area contributed by atoms with Gasteiger partial charge in [0, 0.05) is 9.15 Å². The molecular formula is C7H10Br2. The molecule has 0 aromatic carbocycles. The van der Waals surface area contributed by atoms with Crippen LogP contribution < -0.4 is 0 Å². The first-order valence-electron chi connectivity index (χ1n) is 3.11. The van der Waals surface area contributed by atoms with Crippen LogP contribution >= 0.6 is 31.9 Å². The number of allylic oxidation sites excluding steroid dienone is 2. The lowest BCUT2D eigenvalue weighted by Gasteiger charge is -2.29. The van der Waals surface area contributed by atoms with Gasteiger partial charge in [-0.15, -0.1) is 0 Å². The third-order valence-corrected chi connectivity index (χ3v) is 4.55. The summed E-state index contributed by atoms with van der Waals surface area (Å²) in [5, 5.41) is 0. The summed E-state index contributed by atoms with van der Waals surface area (Å²) >= 11 is 7.27. The van der Waals surface area contributed by atoms with E-state index >= 15 is 0 Å². The monoisotopic (exact) mass is 252 g/mol. The van der Waals surface area contributed by atoms with Crippen molar-refractivity contribution in [3.63, 3.8) is 0 Å². The first-order valence-corrected chi connectivity index (χ1v) is 4.82. The first-order chi connectivity index (χ1) is 4.13. The van der Waals surface area contributed by atoms with Crippen molar-refractivity contribution >= 4 is 31.9 Å². The van der Waals surface area contributed by atoms with Crippen molar-refractivity contribution in [2.45, 2.75) is 28.9 Å². The number of hydrogen-bond donors (Lipinski definition) is 0. The van der Waals surface area contributed by atoms with Crippen LogP contribution in [-0.4, -0.2) is 9.15 Å². The molecule has 0 bridgehead atoms. The summed E-state index contributed by atoms with van der Waals surface area (Å²) in [6, 6.07) is 0. The van der Waals surface area contributed by atoms with Gasteiger partial charge in [-0.2, -0.15) is 0 Å². The molecule has 0 radical (unpaired) electrons. The average molecular weight is 254 g/mol. The van der Waals surface area contributed by atoms with Crippen LogP contribution in [0, 0.1) is 0 Å². The molecule has 2 unspecified atom stereocenters. The van der Waals surface area contributed by atoms with Crippen LogP contribution in [0.3, 0.4) is 0 Å². The molecule has 0 saturated carbocycles. The lowest BCUT2D eigenvalue weighted by atomic mass is 9.96. The highest BCUT2D eigenvalue weighted by atomic mass is 79.9. The average Bonchev–Trinajstić information content (AvgIpc) is 1.77. The van der Waals surface area contributed by atoms with Gasteiger partial charge in [0.25, 0.3) is 0 Å². The van der Waals surface area contributed by atoms with Gasteiger partial charge in [0.05, 0.1) is 0 Å². The molecule has 1 rings (SSSR count). The van der Waals surface area contributed by atoms with Crippen LogP contribution in [0.1, 0.15) is 19.8 Å². The van der Waals surface area contributed by atoms with Gasteiger partial charge in [-0.3, -0.25) is 0 Å². The van der Waals surface area contributed by atoms with Crippen molar-refractivity contribution in [1.29, 1.82) is 0 Å². The van der Waals surface area contributed by atoms with Crippen molar-refractivity contribution in [3.8, 4) is 0 Å². The molecule has 0 aromatic heterocycles. The van der Waals surface area contributed by atoms with Crippen molar-refractivity contribution in [3.05, 3.63) is 12.2 Å². The normalized spacial score (nSPS) is 43.2. The maximum absolute atomic E-state index is 3.66. The molecular weight excluding hydrogens is 244 g/mol. The molecule has 0 aromatic rings. The van der Waals surface area contributed by atoms with Crippen molar-refractivity contribution < 1.29 is 0 Å². The molecule has 2 atom stereocenters. The quantitative estimate of drug-likeness (QED) is 0.459. The molecule has 0 N–H and O–H groups in total. The molecule has 0 aliphatic heterocycles. The molecule has 9 heavy (non-hydrogen) atoms. The van der Waals surface area contributed by atoms with Crippen LogP contribution in [0.25, 0.3) is 0 Å². The van der Waals surface area contributed by atoms with E-state index in [1.165, 1.54) is 0 Å². The highest BCUT2D eigenvalue weighted by molar-refractivity contribution is 9.12. The van der Waals surface area contributed by atoms with E-state index in [0.29, 0.717) is 4.83 Å². The second-order valence-electron chi connectivity index (χ2n) is 2.66. The van der Waals surface area contributed by atoms with E-state index in [4.69, 9.17) is 0 Å². The second-order valence-corrected chi connectivity index (χ2v) is 5.57. The Bertz CT molecular complexity index is 127. The van der Waals surface area contributed by atoms with Gasteiger partial charge in [-0.25, -0.2) is 0 Å². The smallest absolute Gasteiger partial charge is 0.0391 e. The zero-order chi connectivity index (χ0) is 6.91. The van der Waals surface area contributed by atoms with E-state index in [-0.39, 0.29) is 4.32 Å². The number of rotatable bonds is 0. The summed E-state index contributed by atoms with van der Waals surface area (Å²) in [7, 11) is 0. The Kier molecular flexibility index (Phi) is 2.38. The third-order valence-electron chi connectivity index (χ3n) is 1.68. The van der Waals surface area contributed by atoms with Crippen molar-refractivity contribution in [2.24, 2.45) is 0 Å². The molecule has 1 aliphatic rings. The fraction of sp³-hybridized carbons (Fsp3) is 0.714. The van der Waals surface area contributed by atoms with Crippen LogP contribution in [-0.2, 0) is 0 Å². The molecule has 0 saturated heterocycles. The number of halogens is 2. The standard InChI is InChI=1S/C7H10Br2/c1-7(9)5-3-2-4-6(7)8/h2-3,6H,4-5H2,1H3. The summed E-state index contributed by atoms with van der Waals surface area (Å²) in [4.78, 5) is 0.593. The Labute approximate surface area is 73.0 Å². The summed E-state index contributed by atoms with van der Waals surface area (Å²) in [5.74, 6) is 0. The highest BCUT2D eigenvalue weighted by Gasteiger charge is 2.29. The predicted molar refractivity (Wildman–Crippen MR) is 48.4 cm³/mol. The summed E-state index contributed by atoms with van der Waals surface area (Å²) < 4.78 is 0.280. The lowest BCUT2D eigenvalue weighted by Crippen LogP contribution is -2.29. The Morgan fingerprint density at radius 2 is 2.22 bits per heavy atom. The molecule has 0 fully saturated rings. The minimum atomic E-state index is 0.280. The molecule has 0 heterocycles. The predicted octanol–water partition coefficient (Wildman–Crippen LogP) is 3.25. The molecule has 1 aliphatic carbocycles. The van der Waals surface area contributed by atoms with Crippen LogP contribution in [0.2, 0.25) is 0 Å². The Morgan fingerprint density at radius 3 is 2.56 bits per heavy atom. The van der Waals surface area contributed by atoms with E-state index in [1.807, 2.05) is 0 Å². The Hall–Kier alpha value is 0.700. The van der Waals surface area contributed by atoms with E-state index in [9.17, 15) is 0 Å². The maximum atomic E-state index is 3.66. The van der Waals surface area contributed by atoms with Gasteiger partial charge in [0.2, 0.25) is 0 Å². The fourth-order valence-electron chi connectivity index (χ4n) is 0.903. The van der Waals surface area contributed by atoms with Crippen LogP contribution in [0.5, 0.6) is 0 Å². The van der Waals surface area contributed by atoms with E-state index < -0.39 is 0 Å². The topological polar surface area (TPSA) is 0 Å². The van der Waals surface area contributed by atoms with Gasteiger partial charge in [0.15, 0.2) is 0 Å². The van der Waals surface area contributed by atoms with Crippen molar-refractivity contribution in [1.82, 2.24) is 0 Å². The van der Waals surface area contributed by atoms with Crippen molar-refractivity contribution in [2.75, 3.05) is 0 Å². The number of alkyl halides is 2. The van der Waals surface area contributed by atoms with E-state index in [1.54, 1.807) is 0 Å². The van der Waals surface area contributed by atoms with Crippen LogP contribution in [0.15, 0.2) is 12.2 Å². The van der Waals surface area contributed by atoms with Gasteiger partial charge in [-0.1, -0.05) is 44.0 Å². The highest BCUT2D eigenvalue weighted by Crippen LogP contribution is 2.36. The first kappa shape index (κ1) is 7.80. The minimum Gasteiger partial charge on any atom is -0.0873 e. The Balaban J connectivity index is 2.64. The van der Waals surface area contributed by atoms with E-state index in [0.717, 1.165) is 12.8 Å². The molecule has 0 nitrogen and oxygen atoms in total. The Morgan fingerprint density at radius 1 is 1.56 bits per heavy atom. The minimum absolute atomic E-state index is 0.280. The third kappa shape index (κ3) is 1.81. The molecule has 0 spiro atoms. The van der Waals surface area contributed by atoms with Gasteiger partial charge >= 0.3 is 0 Å². The SMILES string of the molecule is CC1(Br)CC=CCC1Br. The van der Waals surface area contributed by atoms with Crippen LogP contribution in [0.4, 0.5) is 0 Å². The fourth-order valence-corrected chi connectivity index (χ4v) is 1.68.